The van der Waals surface area contributed by atoms with E-state index in [0.29, 0.717) is 0 Å². The van der Waals surface area contributed by atoms with E-state index in [1.807, 2.05) is 24.3 Å². The highest BCUT2D eigenvalue weighted by molar-refractivity contribution is 9.10. The molecule has 0 heterocycles. The molecule has 0 N–H and O–H groups in total. The van der Waals surface area contributed by atoms with Crippen molar-refractivity contribution in [3.05, 3.63) is 46.7 Å². The van der Waals surface area contributed by atoms with Gasteiger partial charge in [-0.25, -0.2) is 0 Å². The van der Waals surface area contributed by atoms with Gasteiger partial charge in [0.15, 0.2) is 11.5 Å². The van der Waals surface area contributed by atoms with Gasteiger partial charge in [0.25, 0.3) is 0 Å². The Bertz CT molecular complexity index is 436. The summed E-state index contributed by atoms with van der Waals surface area (Å²) in [6.07, 6.45) is 8.31. The van der Waals surface area contributed by atoms with Crippen LogP contribution in [0.15, 0.2) is 46.7 Å². The number of hydrogen-bond donors (Lipinski definition) is 0. The number of methoxy groups -OCH3 is 1. The predicted octanol–water partition coefficient (Wildman–Crippen LogP) is 4.07. The zero-order valence-electron chi connectivity index (χ0n) is 9.07. The second kappa shape index (κ2) is 5.21. The first-order valence-electron chi connectivity index (χ1n) is 5.17. The van der Waals surface area contributed by atoms with E-state index in [9.17, 15) is 0 Å². The molecule has 0 amide bonds. The molecule has 0 spiro atoms. The maximum atomic E-state index is 5.76. The summed E-state index contributed by atoms with van der Waals surface area (Å²) in [5, 5.41) is 0. The molecule has 0 radical (unpaired) electrons. The molecule has 0 aromatic heterocycles. The van der Waals surface area contributed by atoms with E-state index in [4.69, 9.17) is 9.47 Å². The zero-order valence-corrected chi connectivity index (χ0v) is 10.7. The van der Waals surface area contributed by atoms with Crippen molar-refractivity contribution in [1.29, 1.82) is 0 Å². The van der Waals surface area contributed by atoms with Gasteiger partial charge in [-0.3, -0.25) is 0 Å². The molecule has 0 unspecified atom stereocenters. The highest BCUT2D eigenvalue weighted by atomic mass is 79.9. The molecule has 2 rings (SSSR count). The fourth-order valence-electron chi connectivity index (χ4n) is 1.52. The van der Waals surface area contributed by atoms with Crippen LogP contribution in [-0.2, 0) is 0 Å². The molecule has 0 saturated heterocycles. The quantitative estimate of drug-likeness (QED) is 0.831. The van der Waals surface area contributed by atoms with Crippen molar-refractivity contribution < 1.29 is 9.47 Å². The van der Waals surface area contributed by atoms with E-state index < -0.39 is 0 Å². The standard InChI is InChI=1S/C13H13BrO2/c1-15-13-9-10(14)7-8-12(13)16-11-5-3-2-4-6-11/h3,5-9H,2,4H2,1H3. The third-order valence-corrected chi connectivity index (χ3v) is 2.81. The monoisotopic (exact) mass is 280 g/mol. The van der Waals surface area contributed by atoms with Crippen LogP contribution in [0, 0.1) is 0 Å². The molecular weight excluding hydrogens is 268 g/mol. The number of ether oxygens (including phenoxy) is 2. The van der Waals surface area contributed by atoms with Crippen LogP contribution in [0.5, 0.6) is 11.5 Å². The molecule has 0 bridgehead atoms. The van der Waals surface area contributed by atoms with Crippen molar-refractivity contribution in [2.75, 3.05) is 7.11 Å². The molecule has 84 valence electrons. The van der Waals surface area contributed by atoms with Gasteiger partial charge in [-0.2, -0.15) is 0 Å². The summed E-state index contributed by atoms with van der Waals surface area (Å²) >= 11 is 3.40. The molecule has 2 nitrogen and oxygen atoms in total. The van der Waals surface area contributed by atoms with Gasteiger partial charge in [-0.1, -0.05) is 22.0 Å². The largest absolute Gasteiger partial charge is 0.493 e. The Labute approximate surface area is 104 Å². The minimum atomic E-state index is 0.731. The molecule has 0 aliphatic heterocycles. The second-order valence-electron chi connectivity index (χ2n) is 3.48. The van der Waals surface area contributed by atoms with Crippen molar-refractivity contribution in [3.63, 3.8) is 0 Å². The fraction of sp³-hybridized carbons (Fsp3) is 0.231. The van der Waals surface area contributed by atoms with Gasteiger partial charge in [0.2, 0.25) is 0 Å². The summed E-state index contributed by atoms with van der Waals surface area (Å²) < 4.78 is 12.0. The lowest BCUT2D eigenvalue weighted by Gasteiger charge is -2.12. The maximum absolute atomic E-state index is 5.76. The van der Waals surface area contributed by atoms with Crippen LogP contribution >= 0.6 is 15.9 Å². The Hall–Kier alpha value is -1.22. The Morgan fingerprint density at radius 2 is 2.06 bits per heavy atom. The van der Waals surface area contributed by atoms with Crippen LogP contribution in [0.1, 0.15) is 12.8 Å². The molecule has 16 heavy (non-hydrogen) atoms. The van der Waals surface area contributed by atoms with Crippen LogP contribution in [-0.4, -0.2) is 7.11 Å². The van der Waals surface area contributed by atoms with E-state index in [2.05, 4.69) is 28.1 Å². The lowest BCUT2D eigenvalue weighted by molar-refractivity contribution is 0.366. The summed E-state index contributed by atoms with van der Waals surface area (Å²) in [5.41, 5.74) is 0. The third-order valence-electron chi connectivity index (χ3n) is 2.31. The minimum Gasteiger partial charge on any atom is -0.493 e. The summed E-state index contributed by atoms with van der Waals surface area (Å²) in [6.45, 7) is 0. The Morgan fingerprint density at radius 3 is 2.75 bits per heavy atom. The number of allylic oxidation sites excluding steroid dienone is 3. The van der Waals surface area contributed by atoms with E-state index in [1.165, 1.54) is 0 Å². The molecule has 0 atom stereocenters. The Morgan fingerprint density at radius 1 is 1.19 bits per heavy atom. The predicted molar refractivity (Wildman–Crippen MR) is 67.8 cm³/mol. The van der Waals surface area contributed by atoms with Crippen LogP contribution in [0.4, 0.5) is 0 Å². The van der Waals surface area contributed by atoms with Crippen molar-refractivity contribution in [3.8, 4) is 11.5 Å². The smallest absolute Gasteiger partial charge is 0.169 e. The molecule has 1 aliphatic rings. The maximum Gasteiger partial charge on any atom is 0.169 e. The van der Waals surface area contributed by atoms with Gasteiger partial charge in [-0.05, 0) is 43.2 Å². The molecule has 1 aromatic rings. The molecule has 1 aliphatic carbocycles. The van der Waals surface area contributed by atoms with Gasteiger partial charge < -0.3 is 9.47 Å². The lowest BCUT2D eigenvalue weighted by atomic mass is 10.2. The van der Waals surface area contributed by atoms with E-state index >= 15 is 0 Å². The van der Waals surface area contributed by atoms with E-state index in [1.54, 1.807) is 7.11 Å². The molecule has 3 heteroatoms. The summed E-state index contributed by atoms with van der Waals surface area (Å²) in [4.78, 5) is 0. The number of hydrogen-bond acceptors (Lipinski definition) is 2. The topological polar surface area (TPSA) is 18.5 Å². The van der Waals surface area contributed by atoms with Crippen LogP contribution in [0.2, 0.25) is 0 Å². The van der Waals surface area contributed by atoms with Gasteiger partial charge >= 0.3 is 0 Å². The van der Waals surface area contributed by atoms with Crippen LogP contribution < -0.4 is 9.47 Å². The molecule has 0 saturated carbocycles. The summed E-state index contributed by atoms with van der Waals surface area (Å²) in [7, 11) is 1.64. The van der Waals surface area contributed by atoms with Gasteiger partial charge in [-0.15, -0.1) is 0 Å². The number of benzene rings is 1. The van der Waals surface area contributed by atoms with E-state index in [0.717, 1.165) is 34.6 Å². The molecule has 1 aromatic carbocycles. The van der Waals surface area contributed by atoms with Crippen molar-refractivity contribution in [2.24, 2.45) is 0 Å². The van der Waals surface area contributed by atoms with Gasteiger partial charge in [0, 0.05) is 4.47 Å². The summed E-state index contributed by atoms with van der Waals surface area (Å²) in [5.74, 6) is 2.35. The normalized spacial score (nSPS) is 14.5. The SMILES string of the molecule is COc1cc(Br)ccc1OC1=CCCC=C1. The molecule has 0 fully saturated rings. The van der Waals surface area contributed by atoms with Crippen LogP contribution in [0.25, 0.3) is 0 Å². The zero-order chi connectivity index (χ0) is 11.4. The first kappa shape index (κ1) is 11.3. The highest BCUT2D eigenvalue weighted by Gasteiger charge is 2.07. The summed E-state index contributed by atoms with van der Waals surface area (Å²) in [6, 6.07) is 5.72. The van der Waals surface area contributed by atoms with Crippen molar-refractivity contribution in [2.45, 2.75) is 12.8 Å². The Kier molecular flexibility index (Phi) is 3.67. The first-order chi connectivity index (χ1) is 7.79. The van der Waals surface area contributed by atoms with Crippen molar-refractivity contribution in [1.82, 2.24) is 0 Å². The van der Waals surface area contributed by atoms with Crippen molar-refractivity contribution >= 4 is 15.9 Å². The van der Waals surface area contributed by atoms with Crippen LogP contribution in [0.3, 0.4) is 0 Å². The molecular formula is C13H13BrO2. The third kappa shape index (κ3) is 2.67. The number of rotatable bonds is 3. The fourth-order valence-corrected chi connectivity index (χ4v) is 1.86. The Balaban J connectivity index is 2.20. The lowest BCUT2D eigenvalue weighted by Crippen LogP contribution is -1.97. The average molecular weight is 281 g/mol. The highest BCUT2D eigenvalue weighted by Crippen LogP contribution is 2.32. The minimum absolute atomic E-state index is 0.731. The second-order valence-corrected chi connectivity index (χ2v) is 4.40. The van der Waals surface area contributed by atoms with E-state index in [-0.39, 0.29) is 0 Å². The number of halogens is 1. The average Bonchev–Trinajstić information content (AvgIpc) is 2.33. The first-order valence-corrected chi connectivity index (χ1v) is 5.97. The van der Waals surface area contributed by atoms with Gasteiger partial charge in [0.1, 0.15) is 5.76 Å². The van der Waals surface area contributed by atoms with Gasteiger partial charge in [0.05, 0.1) is 7.11 Å².